The summed E-state index contributed by atoms with van der Waals surface area (Å²) in [5, 5.41) is 21.9. The van der Waals surface area contributed by atoms with Crippen LogP contribution in [-0.2, 0) is 17.9 Å². The lowest BCUT2D eigenvalue weighted by Crippen LogP contribution is -2.28. The summed E-state index contributed by atoms with van der Waals surface area (Å²) >= 11 is 3.30. The summed E-state index contributed by atoms with van der Waals surface area (Å²) in [4.78, 5) is 22.3. The first-order valence-corrected chi connectivity index (χ1v) is 7.81. The molecule has 0 aliphatic rings. The third-order valence-electron chi connectivity index (χ3n) is 3.34. The summed E-state index contributed by atoms with van der Waals surface area (Å²) in [6.45, 7) is 4.56. The van der Waals surface area contributed by atoms with E-state index in [1.165, 1.54) is 4.68 Å². The first-order valence-electron chi connectivity index (χ1n) is 7.01. The van der Waals surface area contributed by atoms with Crippen LogP contribution in [0, 0.1) is 24.0 Å². The van der Waals surface area contributed by atoms with Crippen molar-refractivity contribution in [1.29, 1.82) is 0 Å². The third kappa shape index (κ3) is 4.38. The highest BCUT2D eigenvalue weighted by Crippen LogP contribution is 2.21. The van der Waals surface area contributed by atoms with Crippen molar-refractivity contribution in [3.63, 3.8) is 0 Å². The van der Waals surface area contributed by atoms with E-state index >= 15 is 0 Å². The average Bonchev–Trinajstić information content (AvgIpc) is 3.00. The Morgan fingerprint density at radius 1 is 1.43 bits per heavy atom. The second-order valence-corrected chi connectivity index (χ2v) is 5.94. The lowest BCUT2D eigenvalue weighted by atomic mass is 10.3. The van der Waals surface area contributed by atoms with Gasteiger partial charge in [0.05, 0.1) is 28.7 Å². The number of hydrogen-bond donors (Lipinski definition) is 1. The zero-order valence-electron chi connectivity index (χ0n) is 12.8. The molecule has 0 atom stereocenters. The summed E-state index contributed by atoms with van der Waals surface area (Å²) in [6.07, 6.45) is 3.71. The fourth-order valence-electron chi connectivity index (χ4n) is 2.24. The molecule has 124 valence electrons. The summed E-state index contributed by atoms with van der Waals surface area (Å²) < 4.78 is 4.10. The van der Waals surface area contributed by atoms with Crippen LogP contribution in [0.3, 0.4) is 0 Å². The van der Waals surface area contributed by atoms with Gasteiger partial charge < -0.3 is 5.32 Å². The van der Waals surface area contributed by atoms with Crippen molar-refractivity contribution in [1.82, 2.24) is 24.9 Å². The maximum atomic E-state index is 11.8. The van der Waals surface area contributed by atoms with Gasteiger partial charge in [-0.3, -0.25) is 24.3 Å². The van der Waals surface area contributed by atoms with Gasteiger partial charge in [-0.1, -0.05) is 0 Å². The highest BCUT2D eigenvalue weighted by atomic mass is 79.9. The number of halogens is 1. The summed E-state index contributed by atoms with van der Waals surface area (Å²) in [5.74, 6) is -0.133. The number of carbonyl (C=O) groups is 1. The Bertz CT molecular complexity index is 723. The SMILES string of the molecule is Cc1nn(CCC(=O)NCCn2cc(Br)cn2)c(C)c1[N+](=O)[O-]. The second-order valence-electron chi connectivity index (χ2n) is 5.02. The molecular formula is C13H17BrN6O3. The number of nitro groups is 1. The highest BCUT2D eigenvalue weighted by molar-refractivity contribution is 9.10. The molecule has 2 rings (SSSR count). The number of amides is 1. The smallest absolute Gasteiger partial charge is 0.312 e. The minimum atomic E-state index is -0.448. The van der Waals surface area contributed by atoms with Gasteiger partial charge in [-0.15, -0.1) is 0 Å². The van der Waals surface area contributed by atoms with Crippen molar-refractivity contribution in [2.24, 2.45) is 0 Å². The Labute approximate surface area is 140 Å². The van der Waals surface area contributed by atoms with Crippen LogP contribution in [-0.4, -0.2) is 36.9 Å². The number of aromatic nitrogens is 4. The molecule has 0 unspecified atom stereocenters. The molecule has 0 bridgehead atoms. The van der Waals surface area contributed by atoms with Gasteiger partial charge in [0.15, 0.2) is 0 Å². The van der Waals surface area contributed by atoms with E-state index in [-0.39, 0.29) is 18.0 Å². The lowest BCUT2D eigenvalue weighted by molar-refractivity contribution is -0.386. The van der Waals surface area contributed by atoms with Crippen molar-refractivity contribution in [3.05, 3.63) is 38.4 Å². The Morgan fingerprint density at radius 3 is 2.74 bits per heavy atom. The zero-order valence-corrected chi connectivity index (χ0v) is 14.4. The molecular weight excluding hydrogens is 368 g/mol. The molecule has 23 heavy (non-hydrogen) atoms. The topological polar surface area (TPSA) is 108 Å². The molecule has 10 heteroatoms. The van der Waals surface area contributed by atoms with Gasteiger partial charge >= 0.3 is 5.69 Å². The summed E-state index contributed by atoms with van der Waals surface area (Å²) in [5.41, 5.74) is 0.827. The number of hydrogen-bond acceptors (Lipinski definition) is 5. The Balaban J connectivity index is 1.80. The molecule has 0 aliphatic heterocycles. The fraction of sp³-hybridized carbons (Fsp3) is 0.462. The standard InChI is InChI=1S/C13H17BrN6O3/c1-9-13(20(22)23)10(2)19(17-9)5-3-12(21)15-4-6-18-8-11(14)7-16-18/h7-8H,3-6H2,1-2H3,(H,15,21). The van der Waals surface area contributed by atoms with E-state index < -0.39 is 4.92 Å². The molecule has 1 N–H and O–H groups in total. The van der Waals surface area contributed by atoms with Gasteiger partial charge in [0, 0.05) is 19.2 Å². The van der Waals surface area contributed by atoms with E-state index in [9.17, 15) is 14.9 Å². The minimum absolute atomic E-state index is 0.00895. The van der Waals surface area contributed by atoms with Crippen LogP contribution in [0.4, 0.5) is 5.69 Å². The molecule has 0 fully saturated rings. The normalized spacial score (nSPS) is 10.7. The van der Waals surface area contributed by atoms with Crippen LogP contribution in [0.2, 0.25) is 0 Å². The van der Waals surface area contributed by atoms with Gasteiger partial charge in [-0.25, -0.2) is 0 Å². The van der Waals surface area contributed by atoms with Crippen LogP contribution < -0.4 is 5.32 Å². The lowest BCUT2D eigenvalue weighted by Gasteiger charge is -2.06. The van der Waals surface area contributed by atoms with Gasteiger partial charge in [0.2, 0.25) is 5.91 Å². The second kappa shape index (κ2) is 7.36. The number of nitrogens with one attached hydrogen (secondary N) is 1. The van der Waals surface area contributed by atoms with E-state index in [2.05, 4.69) is 31.4 Å². The maximum Gasteiger partial charge on any atom is 0.312 e. The van der Waals surface area contributed by atoms with Crippen LogP contribution >= 0.6 is 15.9 Å². The summed E-state index contributed by atoms with van der Waals surface area (Å²) in [7, 11) is 0. The minimum Gasteiger partial charge on any atom is -0.354 e. The van der Waals surface area contributed by atoms with E-state index in [0.717, 1.165) is 4.47 Å². The predicted octanol–water partition coefficient (Wildman–Crippen LogP) is 1.57. The average molecular weight is 385 g/mol. The van der Waals surface area contributed by atoms with E-state index in [4.69, 9.17) is 0 Å². The van der Waals surface area contributed by atoms with Crippen LogP contribution in [0.25, 0.3) is 0 Å². The van der Waals surface area contributed by atoms with Crippen LogP contribution in [0.15, 0.2) is 16.9 Å². The Hall–Kier alpha value is -2.23. The molecule has 0 saturated carbocycles. The molecule has 0 aromatic carbocycles. The maximum absolute atomic E-state index is 11.8. The highest BCUT2D eigenvalue weighted by Gasteiger charge is 2.21. The largest absolute Gasteiger partial charge is 0.354 e. The number of carbonyl (C=O) groups excluding carboxylic acids is 1. The van der Waals surface area contributed by atoms with Gasteiger partial charge in [-0.05, 0) is 29.8 Å². The van der Waals surface area contributed by atoms with Crippen LogP contribution in [0.5, 0.6) is 0 Å². The monoisotopic (exact) mass is 384 g/mol. The zero-order chi connectivity index (χ0) is 17.0. The molecule has 0 saturated heterocycles. The van der Waals surface area contributed by atoms with E-state index in [0.29, 0.717) is 31.0 Å². The molecule has 2 aromatic heterocycles. The van der Waals surface area contributed by atoms with Crippen molar-refractivity contribution in [2.45, 2.75) is 33.4 Å². The van der Waals surface area contributed by atoms with Gasteiger partial charge in [-0.2, -0.15) is 10.2 Å². The molecule has 2 aromatic rings. The Morgan fingerprint density at radius 2 is 2.17 bits per heavy atom. The number of rotatable bonds is 7. The first-order chi connectivity index (χ1) is 10.9. The summed E-state index contributed by atoms with van der Waals surface area (Å²) in [6, 6.07) is 0. The van der Waals surface area contributed by atoms with Gasteiger partial charge in [0.1, 0.15) is 11.4 Å². The van der Waals surface area contributed by atoms with E-state index in [1.807, 2.05) is 6.20 Å². The van der Waals surface area contributed by atoms with Crippen molar-refractivity contribution in [3.8, 4) is 0 Å². The van der Waals surface area contributed by atoms with Crippen molar-refractivity contribution in [2.75, 3.05) is 6.54 Å². The van der Waals surface area contributed by atoms with Crippen molar-refractivity contribution < 1.29 is 9.72 Å². The molecule has 0 spiro atoms. The molecule has 0 radical (unpaired) electrons. The molecule has 1 amide bonds. The Kier molecular flexibility index (Phi) is 5.48. The van der Waals surface area contributed by atoms with Gasteiger partial charge in [0.25, 0.3) is 0 Å². The fourth-order valence-corrected chi connectivity index (χ4v) is 2.56. The quantitative estimate of drug-likeness (QED) is 0.575. The third-order valence-corrected chi connectivity index (χ3v) is 3.75. The van der Waals surface area contributed by atoms with Crippen LogP contribution in [0.1, 0.15) is 17.8 Å². The first kappa shape index (κ1) is 17.1. The molecule has 0 aliphatic carbocycles. The predicted molar refractivity (Wildman–Crippen MR) is 85.9 cm³/mol. The number of nitrogens with zero attached hydrogens (tertiary/aromatic N) is 5. The molecule has 9 nitrogen and oxygen atoms in total. The molecule has 2 heterocycles. The number of aryl methyl sites for hydroxylation is 2. The van der Waals surface area contributed by atoms with Crippen molar-refractivity contribution >= 4 is 27.5 Å². The van der Waals surface area contributed by atoms with E-state index in [1.54, 1.807) is 24.7 Å².